The van der Waals surface area contributed by atoms with E-state index >= 15 is 0 Å². The Morgan fingerprint density at radius 1 is 1.24 bits per heavy atom. The van der Waals surface area contributed by atoms with Gasteiger partial charge in [0.05, 0.1) is 12.3 Å². The van der Waals surface area contributed by atoms with Crippen LogP contribution >= 0.6 is 0 Å². The molecule has 136 valence electrons. The second-order valence-electron chi connectivity index (χ2n) is 6.28. The molecule has 25 heavy (non-hydrogen) atoms. The highest BCUT2D eigenvalue weighted by atomic mass is 16.7. The molecule has 0 N–H and O–H groups in total. The van der Waals surface area contributed by atoms with Crippen LogP contribution < -0.4 is 10.3 Å². The van der Waals surface area contributed by atoms with Crippen LogP contribution in [0.2, 0.25) is 0 Å². The summed E-state index contributed by atoms with van der Waals surface area (Å²) in [6.45, 7) is 3.87. The highest BCUT2D eigenvalue weighted by Crippen LogP contribution is 2.17. The number of hydrogen-bond donors (Lipinski definition) is 0. The van der Waals surface area contributed by atoms with E-state index in [-0.39, 0.29) is 11.8 Å². The highest BCUT2D eigenvalue weighted by Gasteiger charge is 2.13. The van der Waals surface area contributed by atoms with Gasteiger partial charge in [-0.3, -0.25) is 9.36 Å². The molecule has 3 heterocycles. The summed E-state index contributed by atoms with van der Waals surface area (Å²) in [5.41, 5.74) is 1.29. The zero-order valence-corrected chi connectivity index (χ0v) is 14.9. The van der Waals surface area contributed by atoms with Crippen LogP contribution in [0.15, 0.2) is 16.9 Å². The predicted molar refractivity (Wildman–Crippen MR) is 93.8 cm³/mol. The summed E-state index contributed by atoms with van der Waals surface area (Å²) < 4.78 is 18.4. The zero-order chi connectivity index (χ0) is 17.6. The molecular weight excluding hydrogens is 322 g/mol. The van der Waals surface area contributed by atoms with Crippen LogP contribution in [-0.2, 0) is 16.5 Å². The topological polar surface area (TPSA) is 75.5 Å². The van der Waals surface area contributed by atoms with Crippen LogP contribution in [0, 0.1) is 6.92 Å². The molecule has 0 saturated carbocycles. The van der Waals surface area contributed by atoms with E-state index in [1.165, 1.54) is 17.1 Å². The Labute approximate surface area is 146 Å². The van der Waals surface area contributed by atoms with Crippen molar-refractivity contribution in [3.63, 3.8) is 0 Å². The molecule has 2 aromatic rings. The van der Waals surface area contributed by atoms with Gasteiger partial charge in [0, 0.05) is 31.7 Å². The van der Waals surface area contributed by atoms with Crippen LogP contribution in [0.5, 0.6) is 6.01 Å². The summed E-state index contributed by atoms with van der Waals surface area (Å²) in [6.07, 6.45) is 4.99. The lowest BCUT2D eigenvalue weighted by molar-refractivity contribution is -0.162. The summed E-state index contributed by atoms with van der Waals surface area (Å²) in [5.74, 6) is 0. The molecule has 1 atom stereocenters. The van der Waals surface area contributed by atoms with Gasteiger partial charge in [-0.25, -0.2) is 0 Å². The maximum Gasteiger partial charge on any atom is 0.318 e. The number of pyridine rings is 1. The zero-order valence-electron chi connectivity index (χ0n) is 14.9. The third-order valence-corrected chi connectivity index (χ3v) is 4.35. The molecule has 1 aliphatic heterocycles. The van der Waals surface area contributed by atoms with Gasteiger partial charge in [-0.15, -0.1) is 0 Å². The fourth-order valence-corrected chi connectivity index (χ4v) is 2.85. The number of rotatable bonds is 7. The Morgan fingerprint density at radius 2 is 2.08 bits per heavy atom. The Balaban J connectivity index is 1.48. The van der Waals surface area contributed by atoms with Crippen molar-refractivity contribution in [2.75, 3.05) is 19.8 Å². The number of aromatic nitrogens is 3. The first kappa shape index (κ1) is 17.8. The number of unbranched alkanes of at least 4 members (excludes halogenated alkanes) is 1. The molecule has 1 saturated heterocycles. The molecule has 7 nitrogen and oxygen atoms in total. The van der Waals surface area contributed by atoms with Crippen LogP contribution in [-0.4, -0.2) is 40.6 Å². The minimum absolute atomic E-state index is 0.0394. The van der Waals surface area contributed by atoms with Crippen LogP contribution in [0.1, 0.15) is 37.8 Å². The van der Waals surface area contributed by atoms with Crippen molar-refractivity contribution in [1.29, 1.82) is 0 Å². The second kappa shape index (κ2) is 8.40. The second-order valence-corrected chi connectivity index (χ2v) is 6.28. The predicted octanol–water partition coefficient (Wildman–Crippen LogP) is 2.34. The van der Waals surface area contributed by atoms with Crippen molar-refractivity contribution in [3.05, 3.63) is 28.2 Å². The molecule has 1 fully saturated rings. The molecule has 0 amide bonds. The molecule has 0 aliphatic carbocycles. The molecule has 0 bridgehead atoms. The van der Waals surface area contributed by atoms with Gasteiger partial charge in [0.1, 0.15) is 5.65 Å². The van der Waals surface area contributed by atoms with Crippen molar-refractivity contribution >= 4 is 11.0 Å². The third kappa shape index (κ3) is 4.55. The number of hydrogen-bond acceptors (Lipinski definition) is 6. The van der Waals surface area contributed by atoms with Gasteiger partial charge in [-0.2, -0.15) is 9.97 Å². The van der Waals surface area contributed by atoms with E-state index in [4.69, 9.17) is 14.2 Å². The first-order chi connectivity index (χ1) is 12.1. The Kier molecular flexibility index (Phi) is 5.99. The van der Waals surface area contributed by atoms with Crippen LogP contribution in [0.25, 0.3) is 11.0 Å². The Bertz CT molecular complexity index is 769. The van der Waals surface area contributed by atoms with Gasteiger partial charge in [-0.1, -0.05) is 0 Å². The molecule has 2 aromatic heterocycles. The number of fused-ring (bicyclic) bond motifs is 1. The minimum atomic E-state index is -0.0985. The normalized spacial score (nSPS) is 17.8. The van der Waals surface area contributed by atoms with Gasteiger partial charge >= 0.3 is 6.01 Å². The molecule has 3 rings (SSSR count). The quantitative estimate of drug-likeness (QED) is 0.716. The van der Waals surface area contributed by atoms with Gasteiger partial charge < -0.3 is 14.2 Å². The largest absolute Gasteiger partial charge is 0.463 e. The maximum atomic E-state index is 11.8. The van der Waals surface area contributed by atoms with Gasteiger partial charge in [0.2, 0.25) is 0 Å². The standard InChI is InChI=1S/C18H25N3O4/c1-13-14-8-9-15(22)21(2)17(14)20-18(19-13)25-12-6-5-11-24-16-7-3-4-10-23-16/h8-9,16H,3-7,10-12H2,1-2H3. The Hall–Kier alpha value is -1.99. The van der Waals surface area contributed by atoms with E-state index in [2.05, 4.69) is 9.97 Å². The summed E-state index contributed by atoms with van der Waals surface area (Å²) >= 11 is 0. The molecule has 0 radical (unpaired) electrons. The van der Waals surface area contributed by atoms with Crippen LogP contribution in [0.4, 0.5) is 0 Å². The number of aryl methyl sites for hydroxylation is 2. The van der Waals surface area contributed by atoms with Crippen molar-refractivity contribution < 1.29 is 14.2 Å². The third-order valence-electron chi connectivity index (χ3n) is 4.35. The molecule has 0 aromatic carbocycles. The maximum absolute atomic E-state index is 11.8. The Morgan fingerprint density at radius 3 is 2.88 bits per heavy atom. The first-order valence-corrected chi connectivity index (χ1v) is 8.85. The molecule has 0 spiro atoms. The van der Waals surface area contributed by atoms with E-state index in [0.717, 1.165) is 43.4 Å². The van der Waals surface area contributed by atoms with E-state index in [0.29, 0.717) is 24.9 Å². The molecular formula is C18H25N3O4. The van der Waals surface area contributed by atoms with Crippen molar-refractivity contribution in [1.82, 2.24) is 14.5 Å². The first-order valence-electron chi connectivity index (χ1n) is 8.85. The number of nitrogens with zero attached hydrogens (tertiary/aromatic N) is 3. The molecule has 1 aliphatic rings. The van der Waals surface area contributed by atoms with E-state index in [1.54, 1.807) is 13.1 Å². The fraction of sp³-hybridized carbons (Fsp3) is 0.611. The summed E-state index contributed by atoms with van der Waals surface area (Å²) in [6, 6.07) is 3.58. The monoisotopic (exact) mass is 347 g/mol. The number of ether oxygens (including phenoxy) is 3. The summed E-state index contributed by atoms with van der Waals surface area (Å²) in [4.78, 5) is 20.5. The lowest BCUT2D eigenvalue weighted by Gasteiger charge is -2.22. The smallest absolute Gasteiger partial charge is 0.318 e. The lowest BCUT2D eigenvalue weighted by atomic mass is 10.2. The fourth-order valence-electron chi connectivity index (χ4n) is 2.85. The SMILES string of the molecule is Cc1nc(OCCCCOC2CCCCO2)nc2c1ccc(=O)n2C. The average molecular weight is 347 g/mol. The lowest BCUT2D eigenvalue weighted by Crippen LogP contribution is -2.22. The average Bonchev–Trinajstić information content (AvgIpc) is 2.62. The van der Waals surface area contributed by atoms with E-state index in [1.807, 2.05) is 6.92 Å². The van der Waals surface area contributed by atoms with Crippen molar-refractivity contribution in [3.8, 4) is 6.01 Å². The van der Waals surface area contributed by atoms with Crippen molar-refractivity contribution in [2.45, 2.75) is 45.3 Å². The summed E-state index contributed by atoms with van der Waals surface area (Å²) in [5, 5.41) is 0.857. The van der Waals surface area contributed by atoms with E-state index in [9.17, 15) is 4.79 Å². The van der Waals surface area contributed by atoms with Crippen LogP contribution in [0.3, 0.4) is 0 Å². The van der Waals surface area contributed by atoms with Gasteiger partial charge in [-0.05, 0) is 45.1 Å². The highest BCUT2D eigenvalue weighted by molar-refractivity contribution is 5.77. The van der Waals surface area contributed by atoms with Crippen molar-refractivity contribution in [2.24, 2.45) is 7.05 Å². The van der Waals surface area contributed by atoms with E-state index < -0.39 is 0 Å². The molecule has 7 heteroatoms. The summed E-state index contributed by atoms with van der Waals surface area (Å²) in [7, 11) is 1.70. The van der Waals surface area contributed by atoms with Gasteiger partial charge in [0.15, 0.2) is 6.29 Å². The minimum Gasteiger partial charge on any atom is -0.463 e. The molecule has 1 unspecified atom stereocenters. The van der Waals surface area contributed by atoms with Gasteiger partial charge in [0.25, 0.3) is 5.56 Å².